The first-order chi connectivity index (χ1) is 30.7. The van der Waals surface area contributed by atoms with Crippen LogP contribution < -0.4 is 5.32 Å². The highest BCUT2D eigenvalue weighted by Gasteiger charge is 2.18. The van der Waals surface area contributed by atoms with Gasteiger partial charge in [0.15, 0.2) is 0 Å². The number of nitrogens with zero attached hydrogens (tertiary/aromatic N) is 6. The van der Waals surface area contributed by atoms with Gasteiger partial charge in [0.2, 0.25) is 5.91 Å². The fourth-order valence-electron chi connectivity index (χ4n) is 6.12. The van der Waals surface area contributed by atoms with Crippen LogP contribution in [-0.4, -0.2) is 48.0 Å². The molecule has 65 heavy (non-hydrogen) atoms. The van der Waals surface area contributed by atoms with E-state index in [1.54, 1.807) is 58.0 Å². The fraction of sp³-hybridized carbons (Fsp3) is 0.0870. The summed E-state index contributed by atoms with van der Waals surface area (Å²) in [5.41, 5.74) is 5.20. The lowest BCUT2D eigenvalue weighted by atomic mass is 10.1. The molecular weight excluding hydrogens is 875 g/mol. The Morgan fingerprint density at radius 2 is 0.985 bits per heavy atom. The lowest BCUT2D eigenvalue weighted by molar-refractivity contribution is -0.111. The molecule has 6 rings (SSSR count). The highest BCUT2D eigenvalue weighted by atomic mass is 32.2. The third kappa shape index (κ3) is 12.2. The third-order valence-electron chi connectivity index (χ3n) is 9.56. The maximum absolute atomic E-state index is 12.6. The maximum atomic E-state index is 12.6. The molecule has 0 aliphatic rings. The van der Waals surface area contributed by atoms with Gasteiger partial charge in [-0.25, -0.2) is 4.79 Å². The summed E-state index contributed by atoms with van der Waals surface area (Å²) in [6.45, 7) is 6.99. The van der Waals surface area contributed by atoms with Crippen molar-refractivity contribution in [3.63, 3.8) is 0 Å². The molecule has 19 heteroatoms. The molecule has 330 valence electrons. The lowest BCUT2D eigenvalue weighted by Crippen LogP contribution is -2.09. The molecule has 17 nitrogen and oxygen atoms in total. The monoisotopic (exact) mass is 913 g/mol. The Morgan fingerprint density at radius 1 is 0.538 bits per heavy atom. The summed E-state index contributed by atoms with van der Waals surface area (Å²) in [7, 11) is -9.69. The van der Waals surface area contributed by atoms with Crippen molar-refractivity contribution in [1.82, 2.24) is 0 Å². The van der Waals surface area contributed by atoms with E-state index < -0.39 is 41.7 Å². The molecule has 0 spiro atoms. The van der Waals surface area contributed by atoms with E-state index >= 15 is 0 Å². The van der Waals surface area contributed by atoms with Gasteiger partial charge in [0.1, 0.15) is 21.1 Å². The Labute approximate surface area is 373 Å². The number of carbonyl (C=O) groups is 2. The molecule has 6 aromatic carbocycles. The minimum Gasteiger partial charge on any atom is -0.507 e. The molecule has 5 N–H and O–H groups in total. The van der Waals surface area contributed by atoms with Crippen molar-refractivity contribution in [3.05, 3.63) is 160 Å². The van der Waals surface area contributed by atoms with Gasteiger partial charge in [-0.1, -0.05) is 54.6 Å². The topological polar surface area (TPSA) is 270 Å². The second kappa shape index (κ2) is 19.7. The van der Waals surface area contributed by atoms with E-state index in [2.05, 4.69) is 36.0 Å². The Kier molecular flexibility index (Phi) is 14.1. The van der Waals surface area contributed by atoms with Crippen molar-refractivity contribution in [2.45, 2.75) is 37.5 Å². The first kappa shape index (κ1) is 46.7. The van der Waals surface area contributed by atoms with Crippen molar-refractivity contribution in [2.75, 3.05) is 5.32 Å². The number of anilines is 1. The SMILES string of the molecule is Cc1cc(N=Nc2ccc(/C=C/c3ccc(N=Nc4cc(C)c(NC(=O)/C=C/c5ccccc5)cc4C)cc3S(=O)(=O)O)c(S(=O)(=O)O)c2)c(C)cc1N=Nc1ccc(O)c(C(=O)O)c1. The maximum Gasteiger partial charge on any atom is 0.339 e. The van der Waals surface area contributed by atoms with E-state index in [1.165, 1.54) is 60.7 Å². The summed E-state index contributed by atoms with van der Waals surface area (Å²) in [4.78, 5) is 22.8. The zero-order valence-electron chi connectivity index (χ0n) is 34.9. The van der Waals surface area contributed by atoms with Gasteiger partial charge in [-0.15, -0.1) is 0 Å². The van der Waals surface area contributed by atoms with Crippen LogP contribution in [0.5, 0.6) is 5.75 Å². The van der Waals surface area contributed by atoms with Crippen molar-refractivity contribution < 1.29 is 45.7 Å². The molecule has 1 amide bonds. The van der Waals surface area contributed by atoms with Gasteiger partial charge >= 0.3 is 5.97 Å². The number of benzene rings is 6. The Morgan fingerprint density at radius 3 is 1.46 bits per heavy atom. The zero-order valence-corrected chi connectivity index (χ0v) is 36.6. The van der Waals surface area contributed by atoms with Gasteiger partial charge in [0, 0.05) is 11.8 Å². The molecule has 0 aliphatic heterocycles. The molecule has 0 bridgehead atoms. The number of carboxylic acid groups (broad SMARTS) is 1. The smallest absolute Gasteiger partial charge is 0.339 e. The van der Waals surface area contributed by atoms with E-state index in [4.69, 9.17) is 0 Å². The average molecular weight is 914 g/mol. The zero-order chi connectivity index (χ0) is 47.1. The van der Waals surface area contributed by atoms with Crippen molar-refractivity contribution in [3.8, 4) is 5.75 Å². The van der Waals surface area contributed by atoms with E-state index in [9.17, 15) is 45.7 Å². The Balaban J connectivity index is 1.19. The predicted molar refractivity (Wildman–Crippen MR) is 245 cm³/mol. The number of carbonyl (C=O) groups excluding carboxylic acids is 1. The number of aromatic hydroxyl groups is 1. The average Bonchev–Trinajstić information content (AvgIpc) is 3.25. The van der Waals surface area contributed by atoms with E-state index in [1.807, 2.05) is 30.3 Å². The summed E-state index contributed by atoms with van der Waals surface area (Å²) in [5, 5.41) is 46.9. The number of nitrogens with one attached hydrogen (secondary N) is 1. The Hall–Kier alpha value is -7.84. The molecule has 0 saturated heterocycles. The largest absolute Gasteiger partial charge is 0.507 e. The van der Waals surface area contributed by atoms with Gasteiger partial charge < -0.3 is 15.5 Å². The summed E-state index contributed by atoms with van der Waals surface area (Å²) in [6.07, 6.45) is 5.60. The van der Waals surface area contributed by atoms with Gasteiger partial charge in [-0.05, 0) is 139 Å². The van der Waals surface area contributed by atoms with Crippen LogP contribution in [0.15, 0.2) is 156 Å². The van der Waals surface area contributed by atoms with Crippen molar-refractivity contribution in [2.24, 2.45) is 30.7 Å². The number of phenols is 1. The van der Waals surface area contributed by atoms with Crippen molar-refractivity contribution in [1.29, 1.82) is 0 Å². The number of aryl methyl sites for hydroxylation is 4. The van der Waals surface area contributed by atoms with Crippen LogP contribution >= 0.6 is 0 Å². The summed E-state index contributed by atoms with van der Waals surface area (Å²) < 4.78 is 70.3. The van der Waals surface area contributed by atoms with Gasteiger partial charge in [-0.2, -0.15) is 47.5 Å². The fourth-order valence-corrected chi connectivity index (χ4v) is 7.53. The lowest BCUT2D eigenvalue weighted by Gasteiger charge is -2.10. The second-order valence-corrected chi connectivity index (χ2v) is 17.2. The van der Waals surface area contributed by atoms with Crippen LogP contribution in [0.2, 0.25) is 0 Å². The first-order valence-electron chi connectivity index (χ1n) is 19.2. The van der Waals surface area contributed by atoms with E-state index in [0.717, 1.165) is 17.7 Å². The number of rotatable bonds is 14. The minimum absolute atomic E-state index is 0.0353. The van der Waals surface area contributed by atoms with Crippen LogP contribution in [0.25, 0.3) is 18.2 Å². The van der Waals surface area contributed by atoms with Gasteiger partial charge in [0.25, 0.3) is 20.2 Å². The molecule has 0 heterocycles. The van der Waals surface area contributed by atoms with Crippen LogP contribution in [0, 0.1) is 27.7 Å². The highest BCUT2D eigenvalue weighted by molar-refractivity contribution is 7.86. The molecule has 0 saturated carbocycles. The van der Waals surface area contributed by atoms with Crippen LogP contribution in [0.1, 0.15) is 49.3 Å². The molecule has 0 fully saturated rings. The minimum atomic E-state index is -4.85. The van der Waals surface area contributed by atoms with Crippen LogP contribution in [-0.2, 0) is 25.0 Å². The first-order valence-corrected chi connectivity index (χ1v) is 22.1. The molecule has 0 radical (unpaired) electrons. The summed E-state index contributed by atoms with van der Waals surface area (Å²) in [5.74, 6) is -2.06. The molecule has 0 unspecified atom stereocenters. The second-order valence-electron chi connectivity index (χ2n) is 14.4. The van der Waals surface area contributed by atoms with E-state index in [-0.39, 0.29) is 39.7 Å². The standard InChI is InChI=1S/C46H39N7O10S2/c1-27-21-39(28(2)20-38(27)47-45(55)19-10-31-8-6-5-7-9-31)52-49-35-15-13-32(43(25-35)64(58,59)60)11-12-33-14-16-36(26-44(33)65(61,62)63)50-53-41-23-29(3)40(22-30(41)4)51-48-34-17-18-42(54)37(24-34)46(56)57/h5-26,54H,1-4H3,(H,47,55)(H,56,57)(H,58,59,60)(H,61,62,63)/b12-11+,19-10+,51-48?,52-49?,53-50?. The number of aromatic carboxylic acids is 1. The molecule has 0 aromatic heterocycles. The predicted octanol–water partition coefficient (Wildman–Crippen LogP) is 11.9. The van der Waals surface area contributed by atoms with Crippen molar-refractivity contribution >= 4 is 90.2 Å². The van der Waals surface area contributed by atoms with Crippen LogP contribution in [0.3, 0.4) is 0 Å². The normalized spacial score (nSPS) is 12.3. The number of azo groups is 3. The highest BCUT2D eigenvalue weighted by Crippen LogP contribution is 2.34. The molecular formula is C46H39N7O10S2. The number of amides is 1. The Bertz CT molecular complexity index is 3240. The molecule has 0 atom stereocenters. The van der Waals surface area contributed by atoms with Crippen LogP contribution in [0.4, 0.5) is 39.8 Å². The molecule has 6 aromatic rings. The summed E-state index contributed by atoms with van der Waals surface area (Å²) >= 11 is 0. The third-order valence-corrected chi connectivity index (χ3v) is 11.4. The number of hydrogen-bond acceptors (Lipinski definition) is 13. The van der Waals surface area contributed by atoms with E-state index in [0.29, 0.717) is 45.0 Å². The van der Waals surface area contributed by atoms with Gasteiger partial charge in [0.05, 0.1) is 34.1 Å². The van der Waals surface area contributed by atoms with Gasteiger partial charge in [-0.3, -0.25) is 13.9 Å². The molecule has 0 aliphatic carbocycles. The quantitative estimate of drug-likeness (QED) is 0.0298. The summed E-state index contributed by atoms with van der Waals surface area (Å²) in [6, 6.07) is 27.6. The number of hydrogen-bond donors (Lipinski definition) is 5. The number of carboxylic acids is 1.